The lowest BCUT2D eigenvalue weighted by molar-refractivity contribution is -0.119. The predicted molar refractivity (Wildman–Crippen MR) is 161 cm³/mol. The Morgan fingerprint density at radius 3 is 2.36 bits per heavy atom. The summed E-state index contributed by atoms with van der Waals surface area (Å²) in [5.74, 6) is -0.558. The molecule has 2 aromatic carbocycles. The third-order valence-electron chi connectivity index (χ3n) is 7.56. The highest BCUT2D eigenvalue weighted by Gasteiger charge is 2.35. The van der Waals surface area contributed by atoms with E-state index in [0.29, 0.717) is 42.1 Å². The van der Waals surface area contributed by atoms with Crippen molar-refractivity contribution in [2.45, 2.75) is 64.1 Å². The standard InChI is InChI=1S/C31H36ClN5O5/c1-31(2,3)42-30(41)36-15-13-24(34-29(40)20-9-12-22-23(32)17-33-25(22)16-20)26(18-36)35-28(39)19-7-10-21(11-8-19)37-14-5-4-6-27(37)38/h7-12,16-17,24,26,33H,4-6,13-15,18H2,1-3H3,(H,34,40)(H,35,39)/t24-,26+/m1/s1. The first-order valence-corrected chi connectivity index (χ1v) is 14.6. The van der Waals surface area contributed by atoms with Crippen LogP contribution in [0.25, 0.3) is 10.9 Å². The van der Waals surface area contributed by atoms with Gasteiger partial charge in [0.15, 0.2) is 0 Å². The van der Waals surface area contributed by atoms with Crippen molar-refractivity contribution in [1.82, 2.24) is 20.5 Å². The molecule has 1 aromatic heterocycles. The first kappa shape index (κ1) is 29.4. The van der Waals surface area contributed by atoms with Crippen molar-refractivity contribution in [3.63, 3.8) is 0 Å². The molecule has 0 aliphatic carbocycles. The average molecular weight is 594 g/mol. The summed E-state index contributed by atoms with van der Waals surface area (Å²) in [4.78, 5) is 58.2. The zero-order valence-corrected chi connectivity index (χ0v) is 24.8. The highest BCUT2D eigenvalue weighted by atomic mass is 35.5. The van der Waals surface area contributed by atoms with E-state index in [1.807, 2.05) is 0 Å². The van der Waals surface area contributed by atoms with E-state index in [1.54, 1.807) is 79.2 Å². The maximum atomic E-state index is 13.4. The fourth-order valence-electron chi connectivity index (χ4n) is 5.37. The van der Waals surface area contributed by atoms with Gasteiger partial charge in [-0.25, -0.2) is 4.79 Å². The summed E-state index contributed by atoms with van der Waals surface area (Å²) >= 11 is 6.18. The van der Waals surface area contributed by atoms with E-state index in [-0.39, 0.29) is 24.3 Å². The molecule has 0 spiro atoms. The molecule has 222 valence electrons. The number of benzene rings is 2. The van der Waals surface area contributed by atoms with E-state index >= 15 is 0 Å². The van der Waals surface area contributed by atoms with Crippen LogP contribution in [0.1, 0.15) is 67.2 Å². The molecule has 2 aliphatic rings. The maximum Gasteiger partial charge on any atom is 0.410 e. The van der Waals surface area contributed by atoms with Crippen molar-refractivity contribution in [2.24, 2.45) is 0 Å². The minimum absolute atomic E-state index is 0.0833. The van der Waals surface area contributed by atoms with E-state index < -0.39 is 23.8 Å². The number of carbonyl (C=O) groups is 4. The smallest absolute Gasteiger partial charge is 0.410 e. The van der Waals surface area contributed by atoms with Crippen molar-refractivity contribution < 1.29 is 23.9 Å². The van der Waals surface area contributed by atoms with Gasteiger partial charge in [-0.05, 0) is 76.4 Å². The van der Waals surface area contributed by atoms with Crippen LogP contribution in [0.5, 0.6) is 0 Å². The third-order valence-corrected chi connectivity index (χ3v) is 7.87. The number of amides is 4. The van der Waals surface area contributed by atoms with Gasteiger partial charge in [-0.1, -0.05) is 17.7 Å². The number of ether oxygens (including phenoxy) is 1. The van der Waals surface area contributed by atoms with E-state index in [9.17, 15) is 19.2 Å². The molecule has 0 unspecified atom stereocenters. The first-order chi connectivity index (χ1) is 20.0. The molecule has 3 heterocycles. The predicted octanol–water partition coefficient (Wildman–Crippen LogP) is 4.88. The Hall–Kier alpha value is -4.05. The number of likely N-dealkylation sites (tertiary alicyclic amines) is 1. The normalized spacial score (nSPS) is 19.5. The van der Waals surface area contributed by atoms with Crippen LogP contribution in [-0.2, 0) is 9.53 Å². The number of carbonyl (C=O) groups excluding carboxylic acids is 4. The molecule has 11 heteroatoms. The second-order valence-electron chi connectivity index (χ2n) is 11.8. The van der Waals surface area contributed by atoms with Crippen LogP contribution in [0.15, 0.2) is 48.7 Å². The summed E-state index contributed by atoms with van der Waals surface area (Å²) in [6, 6.07) is 11.1. The number of hydrogen-bond acceptors (Lipinski definition) is 5. The Labute approximate surface area is 249 Å². The molecule has 3 N–H and O–H groups in total. The van der Waals surface area contributed by atoms with Crippen molar-refractivity contribution in [2.75, 3.05) is 24.5 Å². The van der Waals surface area contributed by atoms with Gasteiger partial charge in [0.05, 0.1) is 17.1 Å². The molecule has 2 atom stereocenters. The highest BCUT2D eigenvalue weighted by Crippen LogP contribution is 2.25. The van der Waals surface area contributed by atoms with E-state index in [4.69, 9.17) is 16.3 Å². The van der Waals surface area contributed by atoms with Crippen molar-refractivity contribution >= 4 is 52.0 Å². The monoisotopic (exact) mass is 593 g/mol. The quantitative estimate of drug-likeness (QED) is 0.389. The maximum absolute atomic E-state index is 13.4. The van der Waals surface area contributed by atoms with Crippen LogP contribution in [0, 0.1) is 0 Å². The number of nitrogens with one attached hydrogen (secondary N) is 3. The van der Waals surface area contributed by atoms with Gasteiger partial charge in [-0.2, -0.15) is 0 Å². The summed E-state index contributed by atoms with van der Waals surface area (Å²) < 4.78 is 5.56. The average Bonchev–Trinajstić information content (AvgIpc) is 3.33. The Kier molecular flexibility index (Phi) is 8.45. The van der Waals surface area contributed by atoms with Gasteiger partial charge >= 0.3 is 6.09 Å². The van der Waals surface area contributed by atoms with Gasteiger partial charge in [0.1, 0.15) is 5.60 Å². The third kappa shape index (κ3) is 6.70. The van der Waals surface area contributed by atoms with Crippen molar-refractivity contribution in [3.05, 3.63) is 64.8 Å². The lowest BCUT2D eigenvalue weighted by Crippen LogP contribution is -2.61. The molecule has 2 aliphatic heterocycles. The highest BCUT2D eigenvalue weighted by molar-refractivity contribution is 6.35. The number of hydrogen-bond donors (Lipinski definition) is 3. The van der Waals surface area contributed by atoms with Crippen LogP contribution < -0.4 is 15.5 Å². The van der Waals surface area contributed by atoms with E-state index in [1.165, 1.54) is 0 Å². The zero-order valence-electron chi connectivity index (χ0n) is 24.0. The number of nitrogens with zero attached hydrogens (tertiary/aromatic N) is 2. The van der Waals surface area contributed by atoms with E-state index in [2.05, 4.69) is 15.6 Å². The molecule has 3 aromatic rings. The number of piperidine rings is 2. The SMILES string of the molecule is CC(C)(C)OC(=O)N1CC[C@@H](NC(=O)c2ccc3c(Cl)c[nH]c3c2)[C@@H](NC(=O)c2ccc(N3CCCCC3=O)cc2)C1. The summed E-state index contributed by atoms with van der Waals surface area (Å²) in [5.41, 5.74) is 1.69. The summed E-state index contributed by atoms with van der Waals surface area (Å²) in [6.07, 6.45) is 3.98. The minimum atomic E-state index is -0.669. The van der Waals surface area contributed by atoms with Crippen LogP contribution in [0.3, 0.4) is 0 Å². The lowest BCUT2D eigenvalue weighted by atomic mass is 9.98. The molecule has 2 fully saturated rings. The number of halogens is 1. The summed E-state index contributed by atoms with van der Waals surface area (Å²) in [7, 11) is 0. The molecule has 0 bridgehead atoms. The fourth-order valence-corrected chi connectivity index (χ4v) is 5.59. The lowest BCUT2D eigenvalue weighted by Gasteiger charge is -2.39. The van der Waals surface area contributed by atoms with Crippen molar-refractivity contribution in [3.8, 4) is 0 Å². The van der Waals surface area contributed by atoms with Gasteiger partial charge in [-0.3, -0.25) is 14.4 Å². The van der Waals surface area contributed by atoms with Crippen LogP contribution in [-0.4, -0.2) is 71.0 Å². The number of fused-ring (bicyclic) bond motifs is 1. The Balaban J connectivity index is 1.31. The molecule has 0 saturated carbocycles. The van der Waals surface area contributed by atoms with Crippen molar-refractivity contribution in [1.29, 1.82) is 0 Å². The van der Waals surface area contributed by atoms with E-state index in [0.717, 1.165) is 29.4 Å². The van der Waals surface area contributed by atoms with Gasteiger partial charge in [0.2, 0.25) is 5.91 Å². The van der Waals surface area contributed by atoms with Gasteiger partial charge < -0.3 is 30.2 Å². The molecule has 5 rings (SSSR count). The van der Waals surface area contributed by atoms with Crippen LogP contribution >= 0.6 is 11.6 Å². The molecule has 0 radical (unpaired) electrons. The molecule has 10 nitrogen and oxygen atoms in total. The van der Waals surface area contributed by atoms with Crippen LogP contribution in [0.2, 0.25) is 5.02 Å². The second-order valence-corrected chi connectivity index (χ2v) is 12.2. The number of rotatable bonds is 5. The summed E-state index contributed by atoms with van der Waals surface area (Å²) in [5, 5.41) is 7.47. The molecule has 2 saturated heterocycles. The minimum Gasteiger partial charge on any atom is -0.444 e. The Bertz CT molecular complexity index is 1500. The largest absolute Gasteiger partial charge is 0.444 e. The number of aromatic nitrogens is 1. The zero-order chi connectivity index (χ0) is 30.0. The van der Waals surface area contributed by atoms with Crippen LogP contribution in [0.4, 0.5) is 10.5 Å². The number of anilines is 1. The number of aromatic amines is 1. The first-order valence-electron chi connectivity index (χ1n) is 14.3. The molecular formula is C31H36ClN5O5. The molecular weight excluding hydrogens is 558 g/mol. The molecule has 4 amide bonds. The Morgan fingerprint density at radius 2 is 1.64 bits per heavy atom. The second kappa shape index (κ2) is 12.1. The van der Waals surface area contributed by atoms with Gasteiger partial charge in [-0.15, -0.1) is 0 Å². The number of H-pyrrole nitrogens is 1. The fraction of sp³-hybridized carbons (Fsp3) is 0.419. The molecule has 42 heavy (non-hydrogen) atoms. The Morgan fingerprint density at radius 1 is 0.952 bits per heavy atom. The topological polar surface area (TPSA) is 124 Å². The van der Waals surface area contributed by atoms with Gasteiger partial charge in [0, 0.05) is 60.0 Å². The summed E-state index contributed by atoms with van der Waals surface area (Å²) in [6.45, 7) is 6.58. The van der Waals surface area contributed by atoms with Gasteiger partial charge in [0.25, 0.3) is 11.8 Å².